The van der Waals surface area contributed by atoms with E-state index >= 15 is 0 Å². The molecule has 0 aliphatic rings. The van der Waals surface area contributed by atoms with Crippen molar-refractivity contribution in [2.75, 3.05) is 5.43 Å². The molecule has 0 amide bonds. The molecule has 0 heterocycles. The van der Waals surface area contributed by atoms with Crippen molar-refractivity contribution >= 4 is 33.2 Å². The molecule has 0 saturated heterocycles. The van der Waals surface area contributed by atoms with Crippen molar-refractivity contribution in [3.05, 3.63) is 28.0 Å². The second-order valence-electron chi connectivity index (χ2n) is 2.94. The van der Waals surface area contributed by atoms with Gasteiger partial charge >= 0.3 is 0 Å². The second kappa shape index (κ2) is 5.50. The van der Waals surface area contributed by atoms with Gasteiger partial charge in [-0.3, -0.25) is 10.8 Å². The lowest BCUT2D eigenvalue weighted by atomic mass is 10.3. The summed E-state index contributed by atoms with van der Waals surface area (Å²) in [5.41, 5.74) is 5.96. The molecule has 94 valence electrons. The average Bonchev–Trinajstić information content (AvgIpc) is 2.30. The summed E-state index contributed by atoms with van der Waals surface area (Å²) in [6.45, 7) is 0. The number of benzene rings is 1. The van der Waals surface area contributed by atoms with Crippen molar-refractivity contribution in [2.45, 2.75) is 0 Å². The van der Waals surface area contributed by atoms with Gasteiger partial charge < -0.3 is 5.73 Å². The first-order chi connectivity index (χ1) is 8.38. The Labute approximate surface area is 108 Å². The minimum absolute atomic E-state index is 0.317. The van der Waals surface area contributed by atoms with Crippen molar-refractivity contribution in [1.82, 2.24) is 0 Å². The zero-order valence-corrected chi connectivity index (χ0v) is 10.1. The maximum atomic E-state index is 13.3. The monoisotopic (exact) mass is 319 g/mol. The summed E-state index contributed by atoms with van der Waals surface area (Å²) in [5.74, 6) is -4.45. The van der Waals surface area contributed by atoms with Gasteiger partial charge in [0.1, 0.15) is 11.8 Å². The van der Waals surface area contributed by atoms with Crippen LogP contribution >= 0.6 is 15.9 Å². The minimum Gasteiger partial charge on any atom is -0.382 e. The quantitative estimate of drug-likeness (QED) is 0.261. The number of halogens is 4. The molecule has 0 atom stereocenters. The van der Waals surface area contributed by atoms with Crippen LogP contribution in [-0.4, -0.2) is 11.5 Å². The molecule has 0 aliphatic carbocycles. The van der Waals surface area contributed by atoms with Crippen LogP contribution in [0.2, 0.25) is 0 Å². The van der Waals surface area contributed by atoms with Gasteiger partial charge in [-0.15, -0.1) is 0 Å². The number of rotatable bonds is 3. The maximum absolute atomic E-state index is 13.3. The number of amidine groups is 1. The van der Waals surface area contributed by atoms with E-state index in [9.17, 15) is 13.2 Å². The summed E-state index contributed by atoms with van der Waals surface area (Å²) in [7, 11) is 0. The number of nitrogens with two attached hydrogens (primary N) is 1. The Kier molecular flexibility index (Phi) is 4.28. The molecule has 0 bridgehead atoms. The molecule has 0 unspecified atom stereocenters. The molecule has 4 N–H and O–H groups in total. The topological polar surface area (TPSA) is 98.0 Å². The first kappa shape index (κ1) is 14.0. The molecule has 0 spiro atoms. The van der Waals surface area contributed by atoms with Crippen molar-refractivity contribution < 1.29 is 13.2 Å². The standard InChI is InChI=1S/C9H5BrF3N5/c10-6-7(13)3(11)1-4(12)8(6)18-17-5(2-14)9(15)16/h1,18H,(H3,15,16)/b17-5+. The van der Waals surface area contributed by atoms with Gasteiger partial charge in [0.25, 0.3) is 0 Å². The molecular weight excluding hydrogens is 315 g/mol. The van der Waals surface area contributed by atoms with E-state index in [-0.39, 0.29) is 0 Å². The third-order valence-electron chi connectivity index (χ3n) is 1.75. The van der Waals surface area contributed by atoms with Crippen molar-refractivity contribution in [1.29, 1.82) is 10.7 Å². The maximum Gasteiger partial charge on any atom is 0.201 e. The number of hydrogen-bond donors (Lipinski definition) is 3. The average molecular weight is 320 g/mol. The normalized spacial score (nSPS) is 10.9. The molecule has 1 aromatic carbocycles. The van der Waals surface area contributed by atoms with Crippen LogP contribution in [0.1, 0.15) is 0 Å². The highest BCUT2D eigenvalue weighted by molar-refractivity contribution is 9.10. The summed E-state index contributed by atoms with van der Waals surface area (Å²) < 4.78 is 38.7. The lowest BCUT2D eigenvalue weighted by Crippen LogP contribution is -2.22. The molecule has 1 rings (SSSR count). The Morgan fingerprint density at radius 2 is 2.06 bits per heavy atom. The van der Waals surface area contributed by atoms with E-state index in [1.807, 2.05) is 5.43 Å². The van der Waals surface area contributed by atoms with E-state index < -0.39 is 39.2 Å². The van der Waals surface area contributed by atoms with Crippen molar-refractivity contribution in [3.63, 3.8) is 0 Å². The number of nitriles is 1. The van der Waals surface area contributed by atoms with Gasteiger partial charge in [-0.1, -0.05) is 0 Å². The minimum atomic E-state index is -1.37. The number of hydrogen-bond acceptors (Lipinski definition) is 4. The fourth-order valence-corrected chi connectivity index (χ4v) is 1.39. The van der Waals surface area contributed by atoms with E-state index in [0.29, 0.717) is 6.07 Å². The summed E-state index contributed by atoms with van der Waals surface area (Å²) in [4.78, 5) is 0. The van der Waals surface area contributed by atoms with Crippen LogP contribution in [0.3, 0.4) is 0 Å². The molecule has 9 heteroatoms. The first-order valence-corrected chi connectivity index (χ1v) is 5.09. The van der Waals surface area contributed by atoms with Gasteiger partial charge in [0.2, 0.25) is 5.71 Å². The van der Waals surface area contributed by atoms with Crippen LogP contribution in [0.5, 0.6) is 0 Å². The van der Waals surface area contributed by atoms with Gasteiger partial charge in [-0.05, 0) is 15.9 Å². The van der Waals surface area contributed by atoms with Crippen LogP contribution in [-0.2, 0) is 0 Å². The van der Waals surface area contributed by atoms with Crippen molar-refractivity contribution in [3.8, 4) is 6.07 Å². The van der Waals surface area contributed by atoms with Crippen LogP contribution in [0, 0.1) is 34.2 Å². The Bertz CT molecular complexity index is 579. The van der Waals surface area contributed by atoms with Crippen LogP contribution in [0.25, 0.3) is 0 Å². The Morgan fingerprint density at radius 3 is 2.56 bits per heavy atom. The van der Waals surface area contributed by atoms with E-state index in [0.717, 1.165) is 0 Å². The summed E-state index contributed by atoms with van der Waals surface area (Å²) in [6, 6.07) is 1.79. The number of nitrogens with zero attached hydrogens (tertiary/aromatic N) is 2. The molecule has 0 fully saturated rings. The molecule has 0 aromatic heterocycles. The third kappa shape index (κ3) is 2.78. The highest BCUT2D eigenvalue weighted by atomic mass is 79.9. The lowest BCUT2D eigenvalue weighted by Gasteiger charge is -2.07. The van der Waals surface area contributed by atoms with Gasteiger partial charge in [0, 0.05) is 6.07 Å². The SMILES string of the molecule is N#C/C(=N\Nc1c(F)cc(F)c(F)c1Br)C(=N)N. The lowest BCUT2D eigenvalue weighted by molar-refractivity contribution is 0.491. The first-order valence-electron chi connectivity index (χ1n) is 4.29. The number of nitrogens with one attached hydrogen (secondary N) is 2. The zero-order chi connectivity index (χ0) is 13.9. The number of anilines is 1. The highest BCUT2D eigenvalue weighted by Crippen LogP contribution is 2.30. The van der Waals surface area contributed by atoms with Crippen LogP contribution < -0.4 is 11.2 Å². The Balaban J connectivity index is 3.18. The van der Waals surface area contributed by atoms with Crippen LogP contribution in [0.15, 0.2) is 15.6 Å². The summed E-state index contributed by atoms with van der Waals surface area (Å²) in [5, 5.41) is 18.8. The predicted octanol–water partition coefficient (Wildman–Crippen LogP) is 2.09. The van der Waals surface area contributed by atoms with Gasteiger partial charge in [-0.2, -0.15) is 10.4 Å². The highest BCUT2D eigenvalue weighted by Gasteiger charge is 2.17. The smallest absolute Gasteiger partial charge is 0.201 e. The molecule has 18 heavy (non-hydrogen) atoms. The Morgan fingerprint density at radius 1 is 1.44 bits per heavy atom. The van der Waals surface area contributed by atoms with Gasteiger partial charge in [0.15, 0.2) is 23.3 Å². The molecular formula is C9H5BrF3N5. The zero-order valence-electron chi connectivity index (χ0n) is 8.56. The molecule has 0 saturated carbocycles. The predicted molar refractivity (Wildman–Crippen MR) is 62.6 cm³/mol. The third-order valence-corrected chi connectivity index (χ3v) is 2.50. The van der Waals surface area contributed by atoms with Gasteiger partial charge in [-0.25, -0.2) is 13.2 Å². The largest absolute Gasteiger partial charge is 0.382 e. The summed E-state index contributed by atoms with van der Waals surface area (Å²) >= 11 is 2.64. The van der Waals surface area contributed by atoms with Crippen molar-refractivity contribution in [2.24, 2.45) is 10.8 Å². The van der Waals surface area contributed by atoms with E-state index in [1.165, 1.54) is 6.07 Å². The summed E-state index contributed by atoms with van der Waals surface area (Å²) in [6.07, 6.45) is 0. The molecule has 0 radical (unpaired) electrons. The van der Waals surface area contributed by atoms with Gasteiger partial charge in [0.05, 0.1) is 4.47 Å². The second-order valence-corrected chi connectivity index (χ2v) is 3.73. The fourth-order valence-electron chi connectivity index (χ4n) is 0.926. The van der Waals surface area contributed by atoms with Crippen LogP contribution in [0.4, 0.5) is 18.9 Å². The Hall–Kier alpha value is -2.08. The van der Waals surface area contributed by atoms with E-state index in [1.54, 1.807) is 0 Å². The van der Waals surface area contributed by atoms with E-state index in [4.69, 9.17) is 16.4 Å². The fraction of sp³-hybridized carbons (Fsp3) is 0. The molecule has 0 aliphatic heterocycles. The molecule has 5 nitrogen and oxygen atoms in total. The number of hydrazone groups is 1. The molecule has 1 aromatic rings. The van der Waals surface area contributed by atoms with E-state index in [2.05, 4.69) is 21.0 Å².